The van der Waals surface area contributed by atoms with Gasteiger partial charge in [0.1, 0.15) is 24.6 Å². The van der Waals surface area contributed by atoms with E-state index in [0.29, 0.717) is 0 Å². The van der Waals surface area contributed by atoms with Crippen molar-refractivity contribution in [1.82, 2.24) is 19.5 Å². The SMILES string of the molecule is CC(=O)OC[C@H]1O[C@@H](n2c(Cl)nc3c(Cl)ncnc32)[C@H](OC(C)=O)[C@@H]1OC(C)=O. The monoisotopic (exact) mass is 446 g/mol. The summed E-state index contributed by atoms with van der Waals surface area (Å²) in [6, 6.07) is 0. The van der Waals surface area contributed by atoms with E-state index in [1.54, 1.807) is 0 Å². The van der Waals surface area contributed by atoms with Crippen molar-refractivity contribution in [3.05, 3.63) is 16.8 Å². The Morgan fingerprint density at radius 1 is 1.07 bits per heavy atom. The van der Waals surface area contributed by atoms with Crippen LogP contribution in [0.5, 0.6) is 0 Å². The van der Waals surface area contributed by atoms with Gasteiger partial charge < -0.3 is 18.9 Å². The molecule has 0 aromatic carbocycles. The molecule has 2 aromatic rings. The average molecular weight is 447 g/mol. The Bertz CT molecular complexity index is 966. The highest BCUT2D eigenvalue weighted by Gasteiger charge is 2.51. The van der Waals surface area contributed by atoms with E-state index in [1.807, 2.05) is 0 Å². The molecule has 1 aliphatic heterocycles. The fourth-order valence-corrected chi connectivity index (χ4v) is 3.41. The zero-order valence-corrected chi connectivity index (χ0v) is 17.0. The number of esters is 3. The van der Waals surface area contributed by atoms with E-state index in [9.17, 15) is 14.4 Å². The number of carbonyl (C=O) groups is 3. The number of hydrogen-bond donors (Lipinski definition) is 0. The van der Waals surface area contributed by atoms with Gasteiger partial charge in [0.2, 0.25) is 5.28 Å². The standard InChI is InChI=1S/C16H16Cl2N4O7/c1-6(23)26-4-9-11(27-7(2)24)12(28-8(3)25)15(29-9)22-14-10(21-16(22)18)13(17)19-5-20-14/h5,9,11-12,15H,4H2,1-3H3/t9-,11-,12-,15-/m1/s1. The number of aromatic nitrogens is 4. The first-order valence-corrected chi connectivity index (χ1v) is 9.11. The fraction of sp³-hybridized carbons (Fsp3) is 0.500. The van der Waals surface area contributed by atoms with Gasteiger partial charge in [-0.25, -0.2) is 15.0 Å². The molecule has 29 heavy (non-hydrogen) atoms. The number of fused-ring (bicyclic) bond motifs is 1. The summed E-state index contributed by atoms with van der Waals surface area (Å²) in [6.45, 7) is 3.35. The molecule has 0 spiro atoms. The maximum Gasteiger partial charge on any atom is 0.303 e. The van der Waals surface area contributed by atoms with Crippen LogP contribution in [0.4, 0.5) is 0 Å². The first-order chi connectivity index (χ1) is 13.7. The number of imidazole rings is 1. The number of hydrogen-bond acceptors (Lipinski definition) is 10. The Labute approximate surface area is 174 Å². The predicted molar refractivity (Wildman–Crippen MR) is 97.0 cm³/mol. The van der Waals surface area contributed by atoms with Crippen molar-refractivity contribution in [3.8, 4) is 0 Å². The molecule has 0 bridgehead atoms. The van der Waals surface area contributed by atoms with Gasteiger partial charge in [-0.1, -0.05) is 11.6 Å². The van der Waals surface area contributed by atoms with E-state index in [4.69, 9.17) is 42.1 Å². The molecule has 1 fully saturated rings. The molecular weight excluding hydrogens is 431 g/mol. The van der Waals surface area contributed by atoms with Gasteiger partial charge >= 0.3 is 17.9 Å². The molecule has 11 nitrogen and oxygen atoms in total. The van der Waals surface area contributed by atoms with Crippen LogP contribution in [0, 0.1) is 0 Å². The third kappa shape index (κ3) is 4.41. The van der Waals surface area contributed by atoms with Gasteiger partial charge in [-0.05, 0) is 11.6 Å². The lowest BCUT2D eigenvalue weighted by atomic mass is 10.1. The van der Waals surface area contributed by atoms with Crippen LogP contribution in [-0.2, 0) is 33.3 Å². The molecule has 156 valence electrons. The van der Waals surface area contributed by atoms with Gasteiger partial charge in [-0.3, -0.25) is 19.0 Å². The summed E-state index contributed by atoms with van der Waals surface area (Å²) in [6.07, 6.45) is -3.03. The van der Waals surface area contributed by atoms with Crippen molar-refractivity contribution in [3.63, 3.8) is 0 Å². The zero-order chi connectivity index (χ0) is 21.3. The third-order valence-corrected chi connectivity index (χ3v) is 4.53. The van der Waals surface area contributed by atoms with Crippen LogP contribution in [0.25, 0.3) is 11.2 Å². The quantitative estimate of drug-likeness (QED) is 0.287. The highest BCUT2D eigenvalue weighted by molar-refractivity contribution is 6.34. The summed E-state index contributed by atoms with van der Waals surface area (Å²) in [5.41, 5.74) is 0.420. The van der Waals surface area contributed by atoms with Crippen LogP contribution in [0.1, 0.15) is 27.0 Å². The second-order valence-corrected chi connectivity index (χ2v) is 6.80. The normalized spacial score (nSPS) is 23.8. The topological polar surface area (TPSA) is 132 Å². The maximum atomic E-state index is 11.7. The van der Waals surface area contributed by atoms with Crippen molar-refractivity contribution >= 4 is 52.3 Å². The van der Waals surface area contributed by atoms with Crippen molar-refractivity contribution in [2.75, 3.05) is 6.61 Å². The lowest BCUT2D eigenvalue weighted by molar-refractivity contribution is -0.166. The van der Waals surface area contributed by atoms with Crippen LogP contribution in [-0.4, -0.2) is 62.3 Å². The van der Waals surface area contributed by atoms with E-state index in [1.165, 1.54) is 31.7 Å². The molecule has 4 atom stereocenters. The summed E-state index contributed by atoms with van der Waals surface area (Å²) in [5, 5.41) is -0.00931. The molecule has 1 aliphatic rings. The highest BCUT2D eigenvalue weighted by Crippen LogP contribution is 2.38. The number of rotatable bonds is 5. The van der Waals surface area contributed by atoms with Crippen LogP contribution in [0.2, 0.25) is 10.4 Å². The second-order valence-electron chi connectivity index (χ2n) is 6.10. The molecule has 3 rings (SSSR count). The minimum atomic E-state index is -1.12. The van der Waals surface area contributed by atoms with Crippen LogP contribution < -0.4 is 0 Å². The number of halogens is 2. The Kier molecular flexibility index (Phi) is 6.20. The lowest BCUT2D eigenvalue weighted by Gasteiger charge is -2.24. The van der Waals surface area contributed by atoms with E-state index in [-0.39, 0.29) is 28.2 Å². The molecule has 0 aliphatic carbocycles. The highest BCUT2D eigenvalue weighted by atomic mass is 35.5. The Morgan fingerprint density at radius 2 is 1.72 bits per heavy atom. The number of nitrogens with zero attached hydrogens (tertiary/aromatic N) is 4. The first kappa shape index (κ1) is 21.2. The molecule has 13 heteroatoms. The molecule has 0 saturated carbocycles. The lowest BCUT2D eigenvalue weighted by Crippen LogP contribution is -2.40. The van der Waals surface area contributed by atoms with Gasteiger partial charge in [-0.15, -0.1) is 0 Å². The summed E-state index contributed by atoms with van der Waals surface area (Å²) in [5.74, 6) is -1.86. The summed E-state index contributed by atoms with van der Waals surface area (Å²) in [7, 11) is 0. The fourth-order valence-electron chi connectivity index (χ4n) is 2.98. The van der Waals surface area contributed by atoms with E-state index in [0.717, 1.165) is 0 Å². The summed E-state index contributed by atoms with van der Waals surface area (Å²) < 4.78 is 22.9. The maximum absolute atomic E-state index is 11.7. The van der Waals surface area contributed by atoms with Gasteiger partial charge in [-0.2, -0.15) is 0 Å². The van der Waals surface area contributed by atoms with Gasteiger partial charge in [0.15, 0.2) is 29.2 Å². The van der Waals surface area contributed by atoms with Crippen LogP contribution >= 0.6 is 23.2 Å². The molecule has 3 heterocycles. The summed E-state index contributed by atoms with van der Waals surface area (Å²) in [4.78, 5) is 46.6. The molecular formula is C16H16Cl2N4O7. The van der Waals surface area contributed by atoms with E-state index >= 15 is 0 Å². The summed E-state index contributed by atoms with van der Waals surface area (Å²) >= 11 is 12.3. The predicted octanol–water partition coefficient (Wildman–Crippen LogP) is 1.46. The van der Waals surface area contributed by atoms with Crippen molar-refractivity contribution in [1.29, 1.82) is 0 Å². The van der Waals surface area contributed by atoms with Gasteiger partial charge in [0.25, 0.3) is 0 Å². The molecule has 1 saturated heterocycles. The minimum Gasteiger partial charge on any atom is -0.463 e. The number of carbonyl (C=O) groups excluding carboxylic acids is 3. The molecule has 0 N–H and O–H groups in total. The van der Waals surface area contributed by atoms with Crippen LogP contribution in [0.15, 0.2) is 6.33 Å². The Morgan fingerprint density at radius 3 is 2.34 bits per heavy atom. The minimum absolute atomic E-state index is 0.0608. The van der Waals surface area contributed by atoms with Crippen molar-refractivity contribution < 1.29 is 33.3 Å². The molecule has 0 radical (unpaired) electrons. The largest absolute Gasteiger partial charge is 0.463 e. The van der Waals surface area contributed by atoms with Gasteiger partial charge in [0.05, 0.1) is 0 Å². The van der Waals surface area contributed by atoms with Gasteiger partial charge in [0, 0.05) is 20.8 Å². The molecule has 0 unspecified atom stereocenters. The van der Waals surface area contributed by atoms with Crippen molar-refractivity contribution in [2.24, 2.45) is 0 Å². The third-order valence-electron chi connectivity index (χ3n) is 3.98. The Hall–Kier alpha value is -2.50. The molecule has 0 amide bonds. The van der Waals surface area contributed by atoms with E-state index < -0.39 is 42.4 Å². The van der Waals surface area contributed by atoms with E-state index in [2.05, 4.69) is 15.0 Å². The van der Waals surface area contributed by atoms with Crippen LogP contribution in [0.3, 0.4) is 0 Å². The molecule has 2 aromatic heterocycles. The average Bonchev–Trinajstić information content (AvgIpc) is 3.11. The number of ether oxygens (including phenoxy) is 4. The smallest absolute Gasteiger partial charge is 0.303 e. The Balaban J connectivity index is 2.07. The van der Waals surface area contributed by atoms with Crippen molar-refractivity contribution in [2.45, 2.75) is 45.3 Å². The zero-order valence-electron chi connectivity index (χ0n) is 15.5. The first-order valence-electron chi connectivity index (χ1n) is 8.36. The second kappa shape index (κ2) is 8.47.